The molecule has 7 nitrogen and oxygen atoms in total. The summed E-state index contributed by atoms with van der Waals surface area (Å²) in [6.45, 7) is 4.86. The molecule has 0 bridgehead atoms. The van der Waals surface area contributed by atoms with E-state index in [1.165, 1.54) is 0 Å². The molecule has 1 saturated carbocycles. The van der Waals surface area contributed by atoms with Crippen molar-refractivity contribution in [1.29, 1.82) is 0 Å². The molecule has 1 saturated heterocycles. The Bertz CT molecular complexity index is 966. The van der Waals surface area contributed by atoms with Crippen LogP contribution < -0.4 is 25.6 Å². The second-order valence-electron chi connectivity index (χ2n) is 8.77. The Morgan fingerprint density at radius 3 is 2.58 bits per heavy atom. The van der Waals surface area contributed by atoms with E-state index < -0.39 is 0 Å². The topological polar surface area (TPSA) is 82.7 Å². The van der Waals surface area contributed by atoms with E-state index in [2.05, 4.69) is 20.9 Å². The fraction of sp³-hybridized carbons (Fsp3) is 0.462. The van der Waals surface area contributed by atoms with Gasteiger partial charge >= 0.3 is 6.03 Å². The predicted molar refractivity (Wildman–Crippen MR) is 131 cm³/mol. The first-order valence-corrected chi connectivity index (χ1v) is 12.1. The van der Waals surface area contributed by atoms with Crippen LogP contribution in [0.4, 0.5) is 16.2 Å². The second kappa shape index (κ2) is 11.1. The molecule has 4 rings (SSSR count). The smallest absolute Gasteiger partial charge is 0.319 e. The van der Waals surface area contributed by atoms with Crippen LogP contribution in [-0.2, 0) is 6.54 Å². The van der Waals surface area contributed by atoms with Gasteiger partial charge < -0.3 is 25.6 Å². The lowest BCUT2D eigenvalue weighted by atomic mass is 10.1. The molecule has 2 fully saturated rings. The van der Waals surface area contributed by atoms with Crippen molar-refractivity contribution in [3.05, 3.63) is 53.6 Å². The molecule has 0 spiro atoms. The Labute approximate surface area is 195 Å². The van der Waals surface area contributed by atoms with Crippen molar-refractivity contribution in [3.8, 4) is 5.75 Å². The van der Waals surface area contributed by atoms with E-state index in [1.54, 1.807) is 6.07 Å². The van der Waals surface area contributed by atoms with Gasteiger partial charge in [-0.05, 0) is 68.5 Å². The van der Waals surface area contributed by atoms with Crippen LogP contribution in [-0.4, -0.2) is 37.7 Å². The van der Waals surface area contributed by atoms with Crippen LogP contribution in [0.25, 0.3) is 0 Å². The van der Waals surface area contributed by atoms with Gasteiger partial charge in [0.2, 0.25) is 0 Å². The lowest BCUT2D eigenvalue weighted by molar-refractivity contribution is 0.0951. The number of amides is 3. The molecule has 0 aromatic heterocycles. The number of rotatable bonds is 8. The lowest BCUT2D eigenvalue weighted by Crippen LogP contribution is -2.36. The van der Waals surface area contributed by atoms with Crippen LogP contribution in [0.3, 0.4) is 0 Å². The maximum absolute atomic E-state index is 12.9. The Morgan fingerprint density at radius 1 is 1.03 bits per heavy atom. The highest BCUT2D eigenvalue weighted by Crippen LogP contribution is 2.30. The molecule has 2 aromatic carbocycles. The van der Waals surface area contributed by atoms with Crippen LogP contribution >= 0.6 is 0 Å². The first-order chi connectivity index (χ1) is 16.1. The number of nitrogens with one attached hydrogen (secondary N) is 3. The summed E-state index contributed by atoms with van der Waals surface area (Å²) in [4.78, 5) is 27.8. The zero-order valence-corrected chi connectivity index (χ0v) is 19.4. The highest BCUT2D eigenvalue weighted by molar-refractivity contribution is 5.99. The fourth-order valence-corrected chi connectivity index (χ4v) is 4.62. The van der Waals surface area contributed by atoms with Crippen LogP contribution in [0, 0.1) is 0 Å². The van der Waals surface area contributed by atoms with Crippen LogP contribution in [0.15, 0.2) is 42.5 Å². The molecule has 7 heteroatoms. The summed E-state index contributed by atoms with van der Waals surface area (Å²) in [5, 5.41) is 9.07. The highest BCUT2D eigenvalue weighted by atomic mass is 16.5. The number of anilines is 2. The molecule has 2 aliphatic rings. The molecule has 33 heavy (non-hydrogen) atoms. The van der Waals surface area contributed by atoms with Crippen LogP contribution in [0.5, 0.6) is 5.75 Å². The number of benzene rings is 2. The number of hydrogen-bond donors (Lipinski definition) is 3. The molecule has 0 radical (unpaired) electrons. The minimum atomic E-state index is -0.201. The van der Waals surface area contributed by atoms with Gasteiger partial charge in [-0.15, -0.1) is 0 Å². The van der Waals surface area contributed by atoms with E-state index in [-0.39, 0.29) is 18.0 Å². The third-order valence-corrected chi connectivity index (χ3v) is 6.31. The van der Waals surface area contributed by atoms with Crippen LogP contribution in [0.1, 0.15) is 61.4 Å². The summed E-state index contributed by atoms with van der Waals surface area (Å²) >= 11 is 0. The van der Waals surface area contributed by atoms with E-state index in [9.17, 15) is 9.59 Å². The van der Waals surface area contributed by atoms with Crippen LogP contribution in [0.2, 0.25) is 0 Å². The van der Waals surface area contributed by atoms with Gasteiger partial charge in [0.15, 0.2) is 0 Å². The number of carbonyl (C=O) groups excluding carboxylic acids is 2. The average molecular weight is 451 g/mol. The van der Waals surface area contributed by atoms with Crippen molar-refractivity contribution in [3.63, 3.8) is 0 Å². The molecule has 3 amide bonds. The minimum absolute atomic E-state index is 0.177. The molecular formula is C26H34N4O3. The average Bonchev–Trinajstić information content (AvgIpc) is 3.52. The third kappa shape index (κ3) is 6.18. The Morgan fingerprint density at radius 2 is 1.82 bits per heavy atom. The van der Waals surface area contributed by atoms with E-state index >= 15 is 0 Å². The van der Waals surface area contributed by atoms with E-state index in [0.717, 1.165) is 68.6 Å². The Balaban J connectivity index is 1.45. The quantitative estimate of drug-likeness (QED) is 0.545. The normalized spacial score (nSPS) is 16.0. The summed E-state index contributed by atoms with van der Waals surface area (Å²) in [6, 6.07) is 13.3. The first kappa shape index (κ1) is 23.0. The summed E-state index contributed by atoms with van der Waals surface area (Å²) in [7, 11) is 0. The molecule has 3 N–H and O–H groups in total. The number of urea groups is 1. The van der Waals surface area contributed by atoms with Gasteiger partial charge in [-0.1, -0.05) is 25.0 Å². The van der Waals surface area contributed by atoms with E-state index in [4.69, 9.17) is 4.74 Å². The van der Waals surface area contributed by atoms with Gasteiger partial charge in [-0.2, -0.15) is 0 Å². The summed E-state index contributed by atoms with van der Waals surface area (Å²) in [5.74, 6) is 0.614. The maximum atomic E-state index is 12.9. The summed E-state index contributed by atoms with van der Waals surface area (Å²) < 4.78 is 5.54. The van der Waals surface area contributed by atoms with Crippen molar-refractivity contribution >= 4 is 23.3 Å². The first-order valence-electron chi connectivity index (χ1n) is 12.1. The standard InChI is InChI=1S/C26H34N4O3/c1-2-33-22-11-7-8-19(16-22)18-27-25(31)20-12-13-24(30-14-5-6-15-30)23(17-20)29-26(32)28-21-9-3-4-10-21/h7-8,11-13,16-17,21H,2-6,9-10,14-15,18H2,1H3,(H,27,31)(H2,28,29,32). The molecule has 0 atom stereocenters. The van der Waals surface area contributed by atoms with Gasteiger partial charge in [-0.3, -0.25) is 4.79 Å². The molecule has 0 unspecified atom stereocenters. The molecule has 1 aliphatic carbocycles. The monoisotopic (exact) mass is 450 g/mol. The number of hydrogen-bond acceptors (Lipinski definition) is 4. The fourth-order valence-electron chi connectivity index (χ4n) is 4.62. The van der Waals surface area contributed by atoms with E-state index in [1.807, 2.05) is 43.3 Å². The van der Waals surface area contributed by atoms with Gasteiger partial charge in [-0.25, -0.2) is 4.79 Å². The van der Waals surface area contributed by atoms with Crippen molar-refractivity contribution in [2.45, 2.75) is 58.0 Å². The zero-order valence-electron chi connectivity index (χ0n) is 19.4. The third-order valence-electron chi connectivity index (χ3n) is 6.31. The second-order valence-corrected chi connectivity index (χ2v) is 8.77. The lowest BCUT2D eigenvalue weighted by Gasteiger charge is -2.23. The molecule has 2 aromatic rings. The number of ether oxygens (including phenoxy) is 1. The van der Waals surface area contributed by atoms with Gasteiger partial charge in [0.1, 0.15) is 5.75 Å². The summed E-state index contributed by atoms with van der Waals surface area (Å²) in [5.41, 5.74) is 3.14. The largest absolute Gasteiger partial charge is 0.494 e. The van der Waals surface area contributed by atoms with Crippen molar-refractivity contribution in [1.82, 2.24) is 10.6 Å². The Kier molecular flexibility index (Phi) is 7.70. The molecular weight excluding hydrogens is 416 g/mol. The predicted octanol–water partition coefficient (Wildman–Crippen LogP) is 4.68. The molecule has 1 aliphatic heterocycles. The van der Waals surface area contributed by atoms with Crippen molar-refractivity contribution in [2.75, 3.05) is 29.9 Å². The minimum Gasteiger partial charge on any atom is -0.494 e. The zero-order chi connectivity index (χ0) is 23.0. The van der Waals surface area contributed by atoms with Crippen molar-refractivity contribution in [2.24, 2.45) is 0 Å². The van der Waals surface area contributed by atoms with Crippen molar-refractivity contribution < 1.29 is 14.3 Å². The molecule has 176 valence electrons. The Hall–Kier alpha value is -3.22. The molecule has 1 heterocycles. The van der Waals surface area contributed by atoms with Gasteiger partial charge in [0, 0.05) is 31.2 Å². The number of carbonyl (C=O) groups is 2. The van der Waals surface area contributed by atoms with Gasteiger partial charge in [0.25, 0.3) is 5.91 Å². The number of nitrogens with zero attached hydrogens (tertiary/aromatic N) is 1. The SMILES string of the molecule is CCOc1cccc(CNC(=O)c2ccc(N3CCCC3)c(NC(=O)NC3CCCC3)c2)c1. The van der Waals surface area contributed by atoms with E-state index in [0.29, 0.717) is 24.4 Å². The van der Waals surface area contributed by atoms with Gasteiger partial charge in [0.05, 0.1) is 18.0 Å². The highest BCUT2D eigenvalue weighted by Gasteiger charge is 2.21. The summed E-state index contributed by atoms with van der Waals surface area (Å²) in [6.07, 6.45) is 6.65. The maximum Gasteiger partial charge on any atom is 0.319 e.